The van der Waals surface area contributed by atoms with Crippen molar-refractivity contribution >= 4 is 9.84 Å². The lowest BCUT2D eigenvalue weighted by Gasteiger charge is -2.24. The molecule has 1 atom stereocenters. The van der Waals surface area contributed by atoms with Crippen LogP contribution in [0.25, 0.3) is 0 Å². The summed E-state index contributed by atoms with van der Waals surface area (Å²) in [5.41, 5.74) is 0.779. The van der Waals surface area contributed by atoms with Crippen LogP contribution < -0.4 is 5.32 Å². The average molecular weight is 265 g/mol. The van der Waals surface area contributed by atoms with Crippen molar-refractivity contribution in [2.24, 2.45) is 0 Å². The third kappa shape index (κ3) is 2.86. The summed E-state index contributed by atoms with van der Waals surface area (Å²) in [6.45, 7) is 2.36. The number of pyridine rings is 1. The largest absolute Gasteiger partial charge is 0.306 e. The van der Waals surface area contributed by atoms with Gasteiger partial charge in [-0.15, -0.1) is 0 Å². The predicted molar refractivity (Wildman–Crippen MR) is 67.5 cm³/mol. The molecule has 0 amide bonds. The number of hydrogen-bond acceptors (Lipinski definition) is 5. The van der Waals surface area contributed by atoms with Crippen molar-refractivity contribution in [3.8, 4) is 6.07 Å². The van der Waals surface area contributed by atoms with Gasteiger partial charge in [0.05, 0.1) is 11.5 Å². The minimum Gasteiger partial charge on any atom is -0.306 e. The van der Waals surface area contributed by atoms with Crippen LogP contribution in [0.4, 0.5) is 0 Å². The molecule has 0 radical (unpaired) electrons. The first kappa shape index (κ1) is 13.0. The third-order valence-corrected chi connectivity index (χ3v) is 5.11. The van der Waals surface area contributed by atoms with Gasteiger partial charge in [0, 0.05) is 23.8 Å². The lowest BCUT2D eigenvalue weighted by Crippen LogP contribution is -2.43. The van der Waals surface area contributed by atoms with Crippen LogP contribution in [-0.2, 0) is 16.4 Å². The molecule has 18 heavy (non-hydrogen) atoms. The highest BCUT2D eigenvalue weighted by molar-refractivity contribution is 7.91. The molecular weight excluding hydrogens is 250 g/mol. The molecule has 1 aromatic rings. The van der Waals surface area contributed by atoms with E-state index in [1.54, 1.807) is 12.3 Å². The Labute approximate surface area is 107 Å². The topological polar surface area (TPSA) is 82.8 Å². The average Bonchev–Trinajstić information content (AvgIpc) is 2.62. The minimum absolute atomic E-state index is 0.155. The first-order valence-corrected chi connectivity index (χ1v) is 7.56. The molecule has 1 aliphatic heterocycles. The van der Waals surface area contributed by atoms with E-state index in [1.165, 1.54) is 0 Å². The van der Waals surface area contributed by atoms with Crippen LogP contribution in [0, 0.1) is 11.3 Å². The zero-order valence-corrected chi connectivity index (χ0v) is 11.0. The highest BCUT2D eigenvalue weighted by Gasteiger charge is 2.37. The van der Waals surface area contributed by atoms with Gasteiger partial charge in [-0.3, -0.25) is 0 Å². The summed E-state index contributed by atoms with van der Waals surface area (Å²) >= 11 is 0. The van der Waals surface area contributed by atoms with Crippen molar-refractivity contribution in [2.45, 2.75) is 25.4 Å². The Morgan fingerprint density at radius 2 is 2.39 bits per heavy atom. The molecule has 1 N–H and O–H groups in total. The number of sulfone groups is 1. The molecule has 1 fully saturated rings. The van der Waals surface area contributed by atoms with Gasteiger partial charge in [-0.1, -0.05) is 6.07 Å². The zero-order chi connectivity index (χ0) is 13.2. The molecule has 1 saturated heterocycles. The van der Waals surface area contributed by atoms with E-state index < -0.39 is 15.4 Å². The SMILES string of the molecule is CC1(NCc2cccnc2C#N)CCS(=O)(=O)C1. The number of nitrogens with one attached hydrogen (secondary N) is 1. The molecule has 1 aliphatic rings. The smallest absolute Gasteiger partial charge is 0.152 e. The molecule has 0 saturated carbocycles. The van der Waals surface area contributed by atoms with Gasteiger partial charge >= 0.3 is 0 Å². The van der Waals surface area contributed by atoms with Crippen LogP contribution in [-0.4, -0.2) is 30.4 Å². The summed E-state index contributed by atoms with van der Waals surface area (Å²) in [5.74, 6) is 0.386. The van der Waals surface area contributed by atoms with Gasteiger partial charge in [0.25, 0.3) is 0 Å². The highest BCUT2D eigenvalue weighted by atomic mass is 32.2. The van der Waals surface area contributed by atoms with Crippen LogP contribution in [0.1, 0.15) is 24.6 Å². The summed E-state index contributed by atoms with van der Waals surface area (Å²) in [5, 5.41) is 12.2. The Balaban J connectivity index is 2.07. The van der Waals surface area contributed by atoms with Crippen molar-refractivity contribution in [2.75, 3.05) is 11.5 Å². The predicted octanol–water partition coefficient (Wildman–Crippen LogP) is 0.620. The number of nitrogens with zero attached hydrogens (tertiary/aromatic N) is 2. The van der Waals surface area contributed by atoms with Gasteiger partial charge in [-0.25, -0.2) is 13.4 Å². The number of rotatable bonds is 3. The molecule has 1 aromatic heterocycles. The Hall–Kier alpha value is -1.45. The van der Waals surface area contributed by atoms with E-state index in [4.69, 9.17) is 5.26 Å². The minimum atomic E-state index is -2.92. The van der Waals surface area contributed by atoms with E-state index in [2.05, 4.69) is 10.3 Å². The quantitative estimate of drug-likeness (QED) is 0.866. The van der Waals surface area contributed by atoms with Crippen molar-refractivity contribution in [1.29, 1.82) is 5.26 Å². The maximum Gasteiger partial charge on any atom is 0.152 e. The number of hydrogen-bond donors (Lipinski definition) is 1. The van der Waals surface area contributed by atoms with Crippen LogP contribution in [0.3, 0.4) is 0 Å². The van der Waals surface area contributed by atoms with E-state index in [-0.39, 0.29) is 11.5 Å². The monoisotopic (exact) mass is 265 g/mol. The van der Waals surface area contributed by atoms with E-state index in [0.717, 1.165) is 5.56 Å². The van der Waals surface area contributed by atoms with E-state index in [0.29, 0.717) is 18.7 Å². The normalized spacial score (nSPS) is 25.8. The lowest BCUT2D eigenvalue weighted by atomic mass is 10.0. The fourth-order valence-electron chi connectivity index (χ4n) is 2.14. The Morgan fingerprint density at radius 3 is 3.00 bits per heavy atom. The fraction of sp³-hybridized carbons (Fsp3) is 0.500. The first-order chi connectivity index (χ1) is 8.44. The second-order valence-corrected chi connectivity index (χ2v) is 7.06. The summed E-state index contributed by atoms with van der Waals surface area (Å²) in [4.78, 5) is 3.97. The van der Waals surface area contributed by atoms with Gasteiger partial charge in [0.15, 0.2) is 9.84 Å². The first-order valence-electron chi connectivity index (χ1n) is 5.74. The summed E-state index contributed by atoms with van der Waals surface area (Å²) in [6, 6.07) is 5.62. The van der Waals surface area contributed by atoms with Gasteiger partial charge in [-0.05, 0) is 19.4 Å². The van der Waals surface area contributed by atoms with Gasteiger partial charge in [0.1, 0.15) is 11.8 Å². The molecule has 0 aromatic carbocycles. The molecule has 0 aliphatic carbocycles. The summed E-state index contributed by atoms with van der Waals surface area (Å²) in [7, 11) is -2.92. The molecule has 0 bridgehead atoms. The number of nitriles is 1. The molecule has 0 spiro atoms. The van der Waals surface area contributed by atoms with Crippen molar-refractivity contribution in [3.05, 3.63) is 29.6 Å². The summed E-state index contributed by atoms with van der Waals surface area (Å²) < 4.78 is 23.0. The van der Waals surface area contributed by atoms with Crippen molar-refractivity contribution < 1.29 is 8.42 Å². The van der Waals surface area contributed by atoms with Crippen molar-refractivity contribution in [3.63, 3.8) is 0 Å². The maximum atomic E-state index is 11.5. The number of aromatic nitrogens is 1. The Kier molecular flexibility index (Phi) is 3.37. The second kappa shape index (κ2) is 4.67. The third-order valence-electron chi connectivity index (χ3n) is 3.21. The van der Waals surface area contributed by atoms with Gasteiger partial charge in [0.2, 0.25) is 0 Å². The molecule has 6 heteroatoms. The van der Waals surface area contributed by atoms with Crippen LogP contribution >= 0.6 is 0 Å². The molecule has 2 heterocycles. The highest BCUT2D eigenvalue weighted by Crippen LogP contribution is 2.23. The van der Waals surface area contributed by atoms with E-state index >= 15 is 0 Å². The molecule has 2 rings (SSSR count). The lowest BCUT2D eigenvalue weighted by molar-refractivity contribution is 0.395. The fourth-order valence-corrected chi connectivity index (χ4v) is 4.26. The zero-order valence-electron chi connectivity index (χ0n) is 10.2. The Bertz CT molecular complexity index is 592. The Morgan fingerprint density at radius 1 is 1.61 bits per heavy atom. The molecule has 5 nitrogen and oxygen atoms in total. The van der Waals surface area contributed by atoms with E-state index in [9.17, 15) is 8.42 Å². The summed E-state index contributed by atoms with van der Waals surface area (Å²) in [6.07, 6.45) is 2.18. The second-order valence-electron chi connectivity index (χ2n) is 4.88. The van der Waals surface area contributed by atoms with Crippen LogP contribution in [0.2, 0.25) is 0 Å². The molecule has 96 valence electrons. The molecule has 1 unspecified atom stereocenters. The molecular formula is C12H15N3O2S. The van der Waals surface area contributed by atoms with Crippen LogP contribution in [0.5, 0.6) is 0 Å². The maximum absolute atomic E-state index is 11.5. The van der Waals surface area contributed by atoms with Crippen LogP contribution in [0.15, 0.2) is 18.3 Å². The van der Waals surface area contributed by atoms with Gasteiger partial charge < -0.3 is 5.32 Å². The van der Waals surface area contributed by atoms with Crippen molar-refractivity contribution in [1.82, 2.24) is 10.3 Å². The standard InChI is InChI=1S/C12H15N3O2S/c1-12(4-6-18(16,17)9-12)15-8-10-3-2-5-14-11(10)7-13/h2-3,5,15H,4,6,8-9H2,1H3. The van der Waals surface area contributed by atoms with Gasteiger partial charge in [-0.2, -0.15) is 5.26 Å². The van der Waals surface area contributed by atoms with E-state index in [1.807, 2.05) is 19.1 Å².